The molecule has 0 aliphatic carbocycles. The van der Waals surface area contributed by atoms with Gasteiger partial charge in [-0.25, -0.2) is 4.79 Å². The molecule has 0 amide bonds. The van der Waals surface area contributed by atoms with Crippen LogP contribution in [-0.2, 0) is 0 Å². The number of furan rings is 1. The maximum atomic E-state index is 10.5. The molecule has 0 aromatic carbocycles. The van der Waals surface area contributed by atoms with E-state index in [0.717, 1.165) is 18.6 Å². The number of aromatic carboxylic acids is 1. The Morgan fingerprint density at radius 1 is 1.43 bits per heavy atom. The molecular formula is C9H12O4S. The molecule has 0 aliphatic rings. The Balaban J connectivity index is 2.33. The number of hydrogen-bond acceptors (Lipinski definition) is 4. The first-order valence-corrected chi connectivity index (χ1v) is 5.29. The monoisotopic (exact) mass is 216 g/mol. The predicted molar refractivity (Wildman–Crippen MR) is 52.7 cm³/mol. The van der Waals surface area contributed by atoms with Gasteiger partial charge in [-0.3, -0.25) is 0 Å². The van der Waals surface area contributed by atoms with Crippen LogP contribution in [0.15, 0.2) is 21.6 Å². The molecule has 2 N–H and O–H groups in total. The molecule has 0 saturated carbocycles. The highest BCUT2D eigenvalue weighted by molar-refractivity contribution is 7.99. The zero-order valence-corrected chi connectivity index (χ0v) is 8.42. The van der Waals surface area contributed by atoms with Gasteiger partial charge >= 0.3 is 5.97 Å². The van der Waals surface area contributed by atoms with Crippen LogP contribution in [0.5, 0.6) is 0 Å². The normalized spacial score (nSPS) is 10.4. The topological polar surface area (TPSA) is 70.7 Å². The number of aliphatic hydroxyl groups excluding tert-OH is 1. The van der Waals surface area contributed by atoms with E-state index in [-0.39, 0.29) is 12.4 Å². The average molecular weight is 216 g/mol. The Kier molecular flexibility index (Phi) is 4.55. The Labute approximate surface area is 85.9 Å². The van der Waals surface area contributed by atoms with Gasteiger partial charge < -0.3 is 14.6 Å². The fourth-order valence-corrected chi connectivity index (χ4v) is 1.76. The lowest BCUT2D eigenvalue weighted by molar-refractivity contribution is 0.0656. The van der Waals surface area contributed by atoms with Crippen LogP contribution in [0.1, 0.15) is 23.4 Å². The summed E-state index contributed by atoms with van der Waals surface area (Å²) in [6.45, 7) is 0.194. The summed E-state index contributed by atoms with van der Waals surface area (Å²) in [6.07, 6.45) is 1.66. The third kappa shape index (κ3) is 3.43. The van der Waals surface area contributed by atoms with Crippen molar-refractivity contribution in [1.29, 1.82) is 0 Å². The van der Waals surface area contributed by atoms with Crippen molar-refractivity contribution in [3.05, 3.63) is 17.9 Å². The molecule has 0 bridgehead atoms. The van der Waals surface area contributed by atoms with Gasteiger partial charge in [-0.1, -0.05) is 11.8 Å². The maximum Gasteiger partial charge on any atom is 0.371 e. The van der Waals surface area contributed by atoms with Crippen molar-refractivity contribution in [2.45, 2.75) is 17.9 Å². The fraction of sp³-hybridized carbons (Fsp3) is 0.444. The van der Waals surface area contributed by atoms with Gasteiger partial charge in [-0.05, 0) is 25.0 Å². The molecule has 1 aromatic rings. The van der Waals surface area contributed by atoms with Gasteiger partial charge in [-0.15, -0.1) is 0 Å². The number of unbranched alkanes of at least 4 members (excludes halogenated alkanes) is 1. The molecule has 0 aliphatic heterocycles. The van der Waals surface area contributed by atoms with Crippen molar-refractivity contribution >= 4 is 17.7 Å². The largest absolute Gasteiger partial charge is 0.475 e. The lowest BCUT2D eigenvalue weighted by atomic mass is 10.4. The number of carboxylic acids is 1. The quantitative estimate of drug-likeness (QED) is 0.561. The average Bonchev–Trinajstić information content (AvgIpc) is 2.61. The molecule has 0 unspecified atom stereocenters. The Morgan fingerprint density at radius 2 is 2.21 bits per heavy atom. The van der Waals surface area contributed by atoms with E-state index in [1.54, 1.807) is 6.07 Å². The molecule has 1 aromatic heterocycles. The minimum Gasteiger partial charge on any atom is -0.475 e. The minimum atomic E-state index is -1.05. The van der Waals surface area contributed by atoms with E-state index in [2.05, 4.69) is 0 Å². The first kappa shape index (κ1) is 11.1. The fourth-order valence-electron chi connectivity index (χ4n) is 0.899. The van der Waals surface area contributed by atoms with Gasteiger partial charge in [0.2, 0.25) is 5.76 Å². The first-order valence-electron chi connectivity index (χ1n) is 4.31. The second kappa shape index (κ2) is 5.72. The zero-order chi connectivity index (χ0) is 10.4. The minimum absolute atomic E-state index is 0.0327. The number of carbonyl (C=O) groups is 1. The summed E-state index contributed by atoms with van der Waals surface area (Å²) in [5, 5.41) is 17.7. The highest BCUT2D eigenvalue weighted by Crippen LogP contribution is 2.21. The zero-order valence-electron chi connectivity index (χ0n) is 7.60. The van der Waals surface area contributed by atoms with E-state index >= 15 is 0 Å². The standard InChI is InChI=1S/C9H12O4S/c10-5-1-2-6-14-8-4-3-7(13-8)9(11)12/h3-4,10H,1-2,5-6H2,(H,11,12). The summed E-state index contributed by atoms with van der Waals surface area (Å²) < 4.78 is 5.03. The van der Waals surface area contributed by atoms with Gasteiger partial charge in [-0.2, -0.15) is 0 Å². The van der Waals surface area contributed by atoms with Gasteiger partial charge in [0, 0.05) is 12.4 Å². The molecule has 0 spiro atoms. The number of carboxylic acid groups (broad SMARTS) is 1. The second-order valence-electron chi connectivity index (χ2n) is 2.70. The third-order valence-corrected chi connectivity index (χ3v) is 2.59. The molecule has 4 nitrogen and oxygen atoms in total. The number of thioether (sulfide) groups is 1. The van der Waals surface area contributed by atoms with Crippen LogP contribution in [0.4, 0.5) is 0 Å². The summed E-state index contributed by atoms with van der Waals surface area (Å²) in [4.78, 5) is 10.5. The molecular weight excluding hydrogens is 204 g/mol. The summed E-state index contributed by atoms with van der Waals surface area (Å²) in [5.41, 5.74) is 0. The van der Waals surface area contributed by atoms with Crippen molar-refractivity contribution < 1.29 is 19.4 Å². The third-order valence-electron chi connectivity index (χ3n) is 1.59. The predicted octanol–water partition coefficient (Wildman–Crippen LogP) is 1.84. The summed E-state index contributed by atoms with van der Waals surface area (Å²) in [7, 11) is 0. The molecule has 14 heavy (non-hydrogen) atoms. The lowest BCUT2D eigenvalue weighted by Crippen LogP contribution is -1.91. The van der Waals surface area contributed by atoms with Gasteiger partial charge in [0.25, 0.3) is 0 Å². The highest BCUT2D eigenvalue weighted by Gasteiger charge is 2.08. The van der Waals surface area contributed by atoms with E-state index in [0.29, 0.717) is 5.09 Å². The Morgan fingerprint density at radius 3 is 2.79 bits per heavy atom. The molecule has 0 atom stereocenters. The number of rotatable bonds is 6. The van der Waals surface area contributed by atoms with E-state index in [9.17, 15) is 4.79 Å². The van der Waals surface area contributed by atoms with Gasteiger partial charge in [0.15, 0.2) is 5.09 Å². The van der Waals surface area contributed by atoms with Crippen LogP contribution in [0.25, 0.3) is 0 Å². The highest BCUT2D eigenvalue weighted by atomic mass is 32.2. The summed E-state index contributed by atoms with van der Waals surface area (Å²) in [6, 6.07) is 3.09. The molecule has 0 radical (unpaired) electrons. The maximum absolute atomic E-state index is 10.5. The van der Waals surface area contributed by atoms with Crippen molar-refractivity contribution in [1.82, 2.24) is 0 Å². The summed E-state index contributed by atoms with van der Waals surface area (Å²) in [5.74, 6) is -0.255. The smallest absolute Gasteiger partial charge is 0.371 e. The van der Waals surface area contributed by atoms with E-state index in [1.807, 2.05) is 0 Å². The van der Waals surface area contributed by atoms with Crippen LogP contribution < -0.4 is 0 Å². The molecule has 78 valence electrons. The van der Waals surface area contributed by atoms with Crippen molar-refractivity contribution in [3.8, 4) is 0 Å². The number of aliphatic hydroxyl groups is 1. The van der Waals surface area contributed by atoms with Crippen molar-refractivity contribution in [2.24, 2.45) is 0 Å². The van der Waals surface area contributed by atoms with Gasteiger partial charge in [0.05, 0.1) is 0 Å². The van der Waals surface area contributed by atoms with Crippen LogP contribution in [0, 0.1) is 0 Å². The van der Waals surface area contributed by atoms with Crippen LogP contribution in [0.3, 0.4) is 0 Å². The molecule has 1 rings (SSSR count). The molecule has 5 heteroatoms. The number of hydrogen-bond donors (Lipinski definition) is 2. The Hall–Kier alpha value is -0.940. The Bertz CT molecular complexity index is 295. The molecule has 1 heterocycles. The second-order valence-corrected chi connectivity index (χ2v) is 3.80. The summed E-state index contributed by atoms with van der Waals surface area (Å²) >= 11 is 1.46. The van der Waals surface area contributed by atoms with Gasteiger partial charge in [0.1, 0.15) is 0 Å². The lowest BCUT2D eigenvalue weighted by Gasteiger charge is -1.95. The van der Waals surface area contributed by atoms with E-state index in [4.69, 9.17) is 14.6 Å². The molecule has 0 saturated heterocycles. The van der Waals surface area contributed by atoms with Crippen LogP contribution >= 0.6 is 11.8 Å². The van der Waals surface area contributed by atoms with Crippen LogP contribution in [-0.4, -0.2) is 28.5 Å². The molecule has 0 fully saturated rings. The van der Waals surface area contributed by atoms with Crippen molar-refractivity contribution in [3.63, 3.8) is 0 Å². The van der Waals surface area contributed by atoms with E-state index < -0.39 is 5.97 Å². The SMILES string of the molecule is O=C(O)c1ccc(SCCCCO)o1. The van der Waals surface area contributed by atoms with Crippen LogP contribution in [0.2, 0.25) is 0 Å². The first-order chi connectivity index (χ1) is 6.74. The van der Waals surface area contributed by atoms with E-state index in [1.165, 1.54) is 17.8 Å². The van der Waals surface area contributed by atoms with Crippen molar-refractivity contribution in [2.75, 3.05) is 12.4 Å².